The van der Waals surface area contributed by atoms with Crippen LogP contribution in [0.15, 0.2) is 24.3 Å². The van der Waals surface area contributed by atoms with Gasteiger partial charge in [-0.05, 0) is 38.7 Å². The number of halogens is 1. The highest BCUT2D eigenvalue weighted by Gasteiger charge is 2.06. The van der Waals surface area contributed by atoms with Crippen LogP contribution in [0.25, 0.3) is 0 Å². The Bertz CT molecular complexity index is 349. The van der Waals surface area contributed by atoms with Gasteiger partial charge in [-0.3, -0.25) is 4.79 Å². The van der Waals surface area contributed by atoms with Gasteiger partial charge in [-0.25, -0.2) is 0 Å². The van der Waals surface area contributed by atoms with Crippen molar-refractivity contribution in [1.29, 1.82) is 0 Å². The first-order valence-corrected chi connectivity index (χ1v) is 5.29. The number of carbonyl (C=O) groups excluding carboxylic acids is 1. The van der Waals surface area contributed by atoms with Crippen molar-refractivity contribution in [2.24, 2.45) is 5.73 Å². The van der Waals surface area contributed by atoms with E-state index in [9.17, 15) is 4.79 Å². The minimum Gasteiger partial charge on any atom is -0.325 e. The minimum absolute atomic E-state index is 0. The molecule has 1 aromatic carbocycles. The molecule has 0 bridgehead atoms. The van der Waals surface area contributed by atoms with Gasteiger partial charge in [-0.2, -0.15) is 0 Å². The van der Waals surface area contributed by atoms with Crippen LogP contribution in [0.4, 0.5) is 5.69 Å². The van der Waals surface area contributed by atoms with Crippen LogP contribution < -0.4 is 11.1 Å². The zero-order valence-corrected chi connectivity index (χ0v) is 11.3. The van der Waals surface area contributed by atoms with E-state index in [0.717, 1.165) is 12.2 Å². The maximum atomic E-state index is 11.3. The summed E-state index contributed by atoms with van der Waals surface area (Å²) in [7, 11) is 4.04. The normalized spacial score (nSPS) is 11.8. The molecule has 0 radical (unpaired) electrons. The number of hydrogen-bond donors (Lipinski definition) is 2. The Balaban J connectivity index is 0.00000256. The number of amides is 1. The van der Waals surface area contributed by atoms with Crippen LogP contribution in [0, 0.1) is 0 Å². The fourth-order valence-corrected chi connectivity index (χ4v) is 1.31. The van der Waals surface area contributed by atoms with E-state index in [1.54, 1.807) is 6.92 Å². The van der Waals surface area contributed by atoms with Gasteiger partial charge >= 0.3 is 0 Å². The summed E-state index contributed by atoms with van der Waals surface area (Å²) in [6.07, 6.45) is 0. The molecule has 0 aliphatic carbocycles. The van der Waals surface area contributed by atoms with Gasteiger partial charge in [-0.1, -0.05) is 12.1 Å². The van der Waals surface area contributed by atoms with Crippen molar-refractivity contribution in [3.63, 3.8) is 0 Å². The van der Waals surface area contributed by atoms with Crippen molar-refractivity contribution in [3.8, 4) is 0 Å². The highest BCUT2D eigenvalue weighted by Crippen LogP contribution is 2.10. The molecule has 4 nitrogen and oxygen atoms in total. The second-order valence-corrected chi connectivity index (χ2v) is 4.21. The molecule has 0 heterocycles. The van der Waals surface area contributed by atoms with Crippen LogP contribution in [-0.2, 0) is 11.3 Å². The summed E-state index contributed by atoms with van der Waals surface area (Å²) in [4.78, 5) is 13.4. The van der Waals surface area contributed by atoms with Crippen molar-refractivity contribution >= 4 is 24.0 Å². The SMILES string of the molecule is C[C@@H](N)C(=O)Nc1ccc(CN(C)C)cc1.Cl. The maximum absolute atomic E-state index is 11.3. The maximum Gasteiger partial charge on any atom is 0.240 e. The zero-order chi connectivity index (χ0) is 12.1. The Labute approximate surface area is 109 Å². The topological polar surface area (TPSA) is 58.4 Å². The number of nitrogens with zero attached hydrogens (tertiary/aromatic N) is 1. The molecule has 0 saturated heterocycles. The monoisotopic (exact) mass is 257 g/mol. The van der Waals surface area contributed by atoms with Gasteiger partial charge in [0.2, 0.25) is 5.91 Å². The summed E-state index contributed by atoms with van der Waals surface area (Å²) in [6.45, 7) is 2.55. The van der Waals surface area contributed by atoms with Crippen LogP contribution in [-0.4, -0.2) is 30.9 Å². The standard InChI is InChI=1S/C12H19N3O.ClH/c1-9(13)12(16)14-11-6-4-10(5-7-11)8-15(2)3;/h4-7,9H,8,13H2,1-3H3,(H,14,16);1H/t9-;/m1./s1. The predicted molar refractivity (Wildman–Crippen MR) is 73.4 cm³/mol. The molecular formula is C12H20ClN3O. The molecule has 17 heavy (non-hydrogen) atoms. The first-order chi connectivity index (χ1) is 7.49. The minimum atomic E-state index is -0.485. The van der Waals surface area contributed by atoms with E-state index in [2.05, 4.69) is 10.2 Å². The van der Waals surface area contributed by atoms with E-state index in [4.69, 9.17) is 5.73 Å². The molecule has 0 fully saturated rings. The Morgan fingerprint density at radius 1 is 1.35 bits per heavy atom. The van der Waals surface area contributed by atoms with E-state index >= 15 is 0 Å². The molecule has 1 amide bonds. The third kappa shape index (κ3) is 5.68. The molecule has 1 aromatic rings. The van der Waals surface area contributed by atoms with Gasteiger partial charge in [0, 0.05) is 12.2 Å². The van der Waals surface area contributed by atoms with Crippen LogP contribution in [0.1, 0.15) is 12.5 Å². The molecule has 5 heteroatoms. The van der Waals surface area contributed by atoms with Gasteiger partial charge in [0.25, 0.3) is 0 Å². The van der Waals surface area contributed by atoms with E-state index in [0.29, 0.717) is 0 Å². The number of rotatable bonds is 4. The second kappa shape index (κ2) is 7.27. The van der Waals surface area contributed by atoms with Gasteiger partial charge in [0.1, 0.15) is 0 Å². The molecule has 0 spiro atoms. The van der Waals surface area contributed by atoms with E-state index in [1.807, 2.05) is 38.4 Å². The van der Waals surface area contributed by atoms with Gasteiger partial charge < -0.3 is 16.0 Å². The van der Waals surface area contributed by atoms with Gasteiger partial charge in [0.05, 0.1) is 6.04 Å². The number of nitrogens with one attached hydrogen (secondary N) is 1. The van der Waals surface area contributed by atoms with Crippen molar-refractivity contribution in [3.05, 3.63) is 29.8 Å². The number of nitrogens with two attached hydrogens (primary N) is 1. The highest BCUT2D eigenvalue weighted by atomic mass is 35.5. The molecular weight excluding hydrogens is 238 g/mol. The Kier molecular flexibility index (Phi) is 6.80. The lowest BCUT2D eigenvalue weighted by atomic mass is 10.2. The van der Waals surface area contributed by atoms with Crippen molar-refractivity contribution in [1.82, 2.24) is 4.90 Å². The van der Waals surface area contributed by atoms with Crippen molar-refractivity contribution in [2.75, 3.05) is 19.4 Å². The van der Waals surface area contributed by atoms with Gasteiger partial charge in [0.15, 0.2) is 0 Å². The fraction of sp³-hybridized carbons (Fsp3) is 0.417. The molecule has 96 valence electrons. The largest absolute Gasteiger partial charge is 0.325 e. The summed E-state index contributed by atoms with van der Waals surface area (Å²) in [6, 6.07) is 7.28. The van der Waals surface area contributed by atoms with E-state index in [1.165, 1.54) is 5.56 Å². The first kappa shape index (κ1) is 15.9. The smallest absolute Gasteiger partial charge is 0.240 e. The first-order valence-electron chi connectivity index (χ1n) is 5.29. The zero-order valence-electron chi connectivity index (χ0n) is 10.4. The van der Waals surface area contributed by atoms with Crippen molar-refractivity contribution < 1.29 is 4.79 Å². The summed E-state index contributed by atoms with van der Waals surface area (Å²) in [5.74, 6) is -0.166. The van der Waals surface area contributed by atoms with Crippen LogP contribution in [0.5, 0.6) is 0 Å². The molecule has 0 aliphatic rings. The number of benzene rings is 1. The van der Waals surface area contributed by atoms with E-state index in [-0.39, 0.29) is 18.3 Å². The average molecular weight is 258 g/mol. The Hall–Kier alpha value is -1.10. The predicted octanol–water partition coefficient (Wildman–Crippen LogP) is 1.46. The molecule has 3 N–H and O–H groups in total. The van der Waals surface area contributed by atoms with Crippen LogP contribution in [0.2, 0.25) is 0 Å². The summed E-state index contributed by atoms with van der Waals surface area (Å²) in [5.41, 5.74) is 7.45. The summed E-state index contributed by atoms with van der Waals surface area (Å²) >= 11 is 0. The lowest BCUT2D eigenvalue weighted by Gasteiger charge is -2.11. The third-order valence-electron chi connectivity index (χ3n) is 2.13. The third-order valence-corrected chi connectivity index (χ3v) is 2.13. The second-order valence-electron chi connectivity index (χ2n) is 4.21. The van der Waals surface area contributed by atoms with Crippen molar-refractivity contribution in [2.45, 2.75) is 19.5 Å². The molecule has 0 aliphatic heterocycles. The molecule has 0 saturated carbocycles. The molecule has 1 atom stereocenters. The Morgan fingerprint density at radius 3 is 2.29 bits per heavy atom. The van der Waals surface area contributed by atoms with Crippen LogP contribution >= 0.6 is 12.4 Å². The molecule has 1 rings (SSSR count). The summed E-state index contributed by atoms with van der Waals surface area (Å²) < 4.78 is 0. The number of carbonyl (C=O) groups is 1. The Morgan fingerprint density at radius 2 is 1.88 bits per heavy atom. The lowest BCUT2D eigenvalue weighted by Crippen LogP contribution is -2.32. The van der Waals surface area contributed by atoms with Gasteiger partial charge in [-0.15, -0.1) is 12.4 Å². The summed E-state index contributed by atoms with van der Waals surface area (Å²) in [5, 5.41) is 2.74. The highest BCUT2D eigenvalue weighted by molar-refractivity contribution is 5.94. The average Bonchev–Trinajstić information content (AvgIpc) is 2.20. The van der Waals surface area contributed by atoms with E-state index < -0.39 is 6.04 Å². The van der Waals surface area contributed by atoms with Crippen LogP contribution in [0.3, 0.4) is 0 Å². The lowest BCUT2D eigenvalue weighted by molar-refractivity contribution is -0.117. The molecule has 0 aromatic heterocycles. The number of hydrogen-bond acceptors (Lipinski definition) is 3. The quantitative estimate of drug-likeness (QED) is 0.859. The number of anilines is 1. The molecule has 0 unspecified atom stereocenters. The fourth-order valence-electron chi connectivity index (χ4n) is 1.31.